The summed E-state index contributed by atoms with van der Waals surface area (Å²) < 4.78 is 0. The Bertz CT molecular complexity index is 1950. The van der Waals surface area contributed by atoms with Gasteiger partial charge in [-0.1, -0.05) is 81.1 Å². The van der Waals surface area contributed by atoms with Crippen LogP contribution in [0.2, 0.25) is 0 Å². The summed E-state index contributed by atoms with van der Waals surface area (Å²) in [5.74, 6) is -6.93. The molecular formula is C48H85N15O8. The minimum atomic E-state index is -1.18. The second-order valence-electron chi connectivity index (χ2n) is 18.8. The maximum absolute atomic E-state index is 14.4. The first-order valence-electron chi connectivity index (χ1n) is 25.3. The average molecular weight is 1000 g/mol. The van der Waals surface area contributed by atoms with Crippen molar-refractivity contribution in [3.63, 3.8) is 0 Å². The lowest BCUT2D eigenvalue weighted by Crippen LogP contribution is -2.62. The van der Waals surface area contributed by atoms with Crippen LogP contribution in [0.1, 0.15) is 131 Å². The van der Waals surface area contributed by atoms with Gasteiger partial charge in [-0.2, -0.15) is 0 Å². The van der Waals surface area contributed by atoms with Gasteiger partial charge in [0.05, 0.1) is 18.7 Å². The van der Waals surface area contributed by atoms with Crippen LogP contribution in [-0.4, -0.2) is 129 Å². The molecule has 0 fully saturated rings. The number of amides is 8. The first-order chi connectivity index (χ1) is 33.8. The van der Waals surface area contributed by atoms with Gasteiger partial charge in [-0.05, 0) is 75.3 Å². The highest BCUT2D eigenvalue weighted by Crippen LogP contribution is 2.17. The van der Waals surface area contributed by atoms with Crippen LogP contribution in [0.3, 0.4) is 0 Å². The number of nitrogens with one attached hydrogen (secondary N) is 9. The van der Waals surface area contributed by atoms with Gasteiger partial charge in [0.1, 0.15) is 42.3 Å². The summed E-state index contributed by atoms with van der Waals surface area (Å²) in [5, 5.41) is 19.6. The molecule has 17 N–H and O–H groups in total. The van der Waals surface area contributed by atoms with Crippen molar-refractivity contribution >= 4 is 47.3 Å². The number of hydrogen-bond donors (Lipinski definition) is 13. The van der Waals surface area contributed by atoms with Crippen LogP contribution in [0.4, 0.5) is 0 Å². The van der Waals surface area contributed by atoms with E-state index in [9.17, 15) is 38.4 Å². The lowest BCUT2D eigenvalue weighted by molar-refractivity contribution is -0.137. The van der Waals surface area contributed by atoms with E-state index in [-0.39, 0.29) is 31.6 Å². The molecule has 23 nitrogen and oxygen atoms in total. The van der Waals surface area contributed by atoms with E-state index in [1.807, 2.05) is 27.7 Å². The van der Waals surface area contributed by atoms with E-state index in [1.54, 1.807) is 33.9 Å². The van der Waals surface area contributed by atoms with E-state index in [4.69, 9.17) is 22.9 Å². The topological polar surface area (TPSA) is 382 Å². The highest BCUT2D eigenvalue weighted by molar-refractivity contribution is 5.98. The van der Waals surface area contributed by atoms with Crippen molar-refractivity contribution < 1.29 is 38.4 Å². The lowest BCUT2D eigenvalue weighted by atomic mass is 9.93. The number of aromatic nitrogens is 4. The predicted octanol–water partition coefficient (Wildman–Crippen LogP) is -0.433. The molecule has 23 heteroatoms. The lowest BCUT2D eigenvalue weighted by Gasteiger charge is -2.32. The van der Waals surface area contributed by atoms with Crippen LogP contribution in [0.25, 0.3) is 0 Å². The summed E-state index contributed by atoms with van der Waals surface area (Å²) in [5.41, 5.74) is 24.4. The fourth-order valence-electron chi connectivity index (χ4n) is 7.69. The second-order valence-corrected chi connectivity index (χ2v) is 18.8. The Labute approximate surface area is 418 Å². The number of carbonyl (C=O) groups excluding carboxylic acids is 8. The number of nitrogens with zero attached hydrogens (tertiary/aromatic N) is 2. The number of primary amides is 1. The molecule has 400 valence electrons. The smallest absolute Gasteiger partial charge is 0.243 e. The Kier molecular flexibility index (Phi) is 27.7. The molecule has 71 heavy (non-hydrogen) atoms. The number of carbonyl (C=O) groups is 8. The average Bonchev–Trinajstić information content (AvgIpc) is 4.08. The number of H-pyrrole nitrogens is 2. The number of hydrogen-bond acceptors (Lipinski definition) is 13. The van der Waals surface area contributed by atoms with E-state index in [2.05, 4.69) is 57.2 Å². The molecule has 2 aromatic rings. The third-order valence-corrected chi connectivity index (χ3v) is 13.3. The normalized spacial score (nSPS) is 16.4. The Balaban J connectivity index is 2.39. The molecule has 0 unspecified atom stereocenters. The van der Waals surface area contributed by atoms with Crippen LogP contribution in [0.15, 0.2) is 25.0 Å². The van der Waals surface area contributed by atoms with Crippen LogP contribution >= 0.6 is 0 Å². The Hall–Kier alpha value is -5.94. The molecule has 0 saturated carbocycles. The van der Waals surface area contributed by atoms with Gasteiger partial charge < -0.3 is 70.1 Å². The first kappa shape index (κ1) is 61.2. The highest BCUT2D eigenvalue weighted by atomic mass is 16.2. The van der Waals surface area contributed by atoms with Crippen LogP contribution in [0, 0.1) is 23.7 Å². The molecule has 0 aliphatic rings. The summed E-state index contributed by atoms with van der Waals surface area (Å²) in [7, 11) is 0. The predicted molar refractivity (Wildman–Crippen MR) is 269 cm³/mol. The maximum Gasteiger partial charge on any atom is 0.243 e. The quantitative estimate of drug-likeness (QED) is 0.0391. The zero-order chi connectivity index (χ0) is 53.2. The zero-order valence-corrected chi connectivity index (χ0v) is 43.1. The van der Waals surface area contributed by atoms with Gasteiger partial charge >= 0.3 is 0 Å². The Morgan fingerprint density at radius 2 is 0.817 bits per heavy atom. The molecule has 2 rings (SSSR count). The molecule has 0 saturated heterocycles. The molecule has 2 aromatic heterocycles. The molecule has 0 aromatic carbocycles. The van der Waals surface area contributed by atoms with Gasteiger partial charge in [0.2, 0.25) is 47.3 Å². The van der Waals surface area contributed by atoms with Gasteiger partial charge in [0.25, 0.3) is 0 Å². The molecule has 8 amide bonds. The van der Waals surface area contributed by atoms with Crippen molar-refractivity contribution in [2.24, 2.45) is 46.6 Å². The fourth-order valence-corrected chi connectivity index (χ4v) is 7.69. The SMILES string of the molecule is CC[C@H](C)[C@H](NC(=O)[C@H](CCCCN)NC(=O)[C@@H](NC(=O)[C@@H](NC(=O)[C@H](Cc1cnc[nH]1)NC(=O)[C@@H](N)Cc1cnc[nH]1)[C@@H](C)CC)[C@@H](C)CC)C(=O)N[C@H](C(=O)N[C@@H](CCCCN)C(N)=O)[C@@H](C)CC. The maximum atomic E-state index is 14.4. The standard InChI is InChI=1S/C48H85N15O8/c1-9-27(5)37(45(68)57-34(41(52)64)17-13-15-19-49)62-47(70)39(29(7)11-3)60-43(66)35(18-14-16-20-50)58-46(69)38(28(6)10-2)63-48(71)40(30(8)12-4)61-44(67)36(22-32-24-54-26-56-32)59-42(65)33(51)21-31-23-53-25-55-31/h23-30,33-40H,9-22,49-51H2,1-8H3,(H2,52,64)(H,53,55)(H,54,56)(H,57,68)(H,58,69)(H,59,65)(H,60,66)(H,61,67)(H,62,70)(H,63,71)/t27-,28-,29-,30-,33-,34-,35-,36-,37-,38-,39-,40-/m0/s1. The second kappa shape index (κ2) is 32.1. The third kappa shape index (κ3) is 20.4. The van der Waals surface area contributed by atoms with Crippen molar-refractivity contribution in [3.05, 3.63) is 36.4 Å². The minimum absolute atomic E-state index is 0.00459. The Morgan fingerprint density at radius 1 is 0.479 bits per heavy atom. The van der Waals surface area contributed by atoms with Crippen molar-refractivity contribution in [1.82, 2.24) is 57.2 Å². The number of rotatable bonds is 35. The Morgan fingerprint density at radius 3 is 1.18 bits per heavy atom. The number of unbranched alkanes of at least 4 members (excludes halogenated alkanes) is 2. The van der Waals surface area contributed by atoms with E-state index in [0.29, 0.717) is 75.8 Å². The zero-order valence-electron chi connectivity index (χ0n) is 43.1. The summed E-state index contributed by atoms with van der Waals surface area (Å²) in [6, 6.07) is -8.92. The van der Waals surface area contributed by atoms with Crippen LogP contribution < -0.4 is 60.2 Å². The largest absolute Gasteiger partial charge is 0.368 e. The van der Waals surface area contributed by atoms with Crippen LogP contribution in [0.5, 0.6) is 0 Å². The van der Waals surface area contributed by atoms with E-state index >= 15 is 0 Å². The molecule has 0 bridgehead atoms. The van der Waals surface area contributed by atoms with Gasteiger partial charge in [-0.25, -0.2) is 9.97 Å². The molecule has 0 spiro atoms. The van der Waals surface area contributed by atoms with Gasteiger partial charge in [0, 0.05) is 36.6 Å². The summed E-state index contributed by atoms with van der Waals surface area (Å²) in [6.07, 6.45) is 10.5. The van der Waals surface area contributed by atoms with Gasteiger partial charge in [0.15, 0.2) is 0 Å². The van der Waals surface area contributed by atoms with E-state index in [1.165, 1.54) is 18.9 Å². The van der Waals surface area contributed by atoms with Crippen molar-refractivity contribution in [2.45, 2.75) is 181 Å². The molecule has 12 atom stereocenters. The van der Waals surface area contributed by atoms with Gasteiger partial charge in [-0.15, -0.1) is 0 Å². The molecule has 0 aliphatic carbocycles. The third-order valence-electron chi connectivity index (χ3n) is 13.3. The molecule has 2 heterocycles. The van der Waals surface area contributed by atoms with Crippen molar-refractivity contribution in [1.29, 1.82) is 0 Å². The number of nitrogens with two attached hydrogens (primary N) is 4. The van der Waals surface area contributed by atoms with E-state index < -0.39 is 113 Å². The van der Waals surface area contributed by atoms with Crippen LogP contribution in [-0.2, 0) is 51.2 Å². The summed E-state index contributed by atoms with van der Waals surface area (Å²) in [6.45, 7) is 15.2. The van der Waals surface area contributed by atoms with Gasteiger partial charge in [-0.3, -0.25) is 38.4 Å². The number of aromatic amines is 2. The number of imidazole rings is 2. The minimum Gasteiger partial charge on any atom is -0.368 e. The summed E-state index contributed by atoms with van der Waals surface area (Å²) in [4.78, 5) is 124. The highest BCUT2D eigenvalue weighted by Gasteiger charge is 2.38. The monoisotopic (exact) mass is 1000 g/mol. The molecule has 0 radical (unpaired) electrons. The molecular weight excluding hydrogens is 915 g/mol. The van der Waals surface area contributed by atoms with Crippen molar-refractivity contribution in [2.75, 3.05) is 13.1 Å². The summed E-state index contributed by atoms with van der Waals surface area (Å²) >= 11 is 0. The van der Waals surface area contributed by atoms with Crippen molar-refractivity contribution in [3.8, 4) is 0 Å². The fraction of sp³-hybridized carbons (Fsp3) is 0.708. The van der Waals surface area contributed by atoms with E-state index in [0.717, 1.165) is 0 Å². The molecule has 0 aliphatic heterocycles. The first-order valence-corrected chi connectivity index (χ1v) is 25.3.